The Morgan fingerprint density at radius 2 is 2.30 bits per heavy atom. The molecule has 5 nitrogen and oxygen atoms in total. The number of rotatable bonds is 4. The van der Waals surface area contributed by atoms with Crippen molar-refractivity contribution in [3.05, 3.63) is 52.2 Å². The largest absolute Gasteiger partial charge is 0.337 e. The Hall–Kier alpha value is -2.05. The molecule has 4 rings (SSSR count). The summed E-state index contributed by atoms with van der Waals surface area (Å²) in [5.74, 6) is 1.28. The number of pyridine rings is 1. The maximum absolute atomic E-state index is 5.54. The molecule has 1 aliphatic heterocycles. The lowest BCUT2D eigenvalue weighted by Gasteiger charge is -2.21. The minimum absolute atomic E-state index is 0.210. The average Bonchev–Trinajstić information content (AvgIpc) is 3.30. The molecule has 3 aromatic heterocycles. The van der Waals surface area contributed by atoms with Crippen LogP contribution >= 0.6 is 11.3 Å². The van der Waals surface area contributed by atoms with E-state index in [1.54, 1.807) is 6.20 Å². The van der Waals surface area contributed by atoms with Crippen LogP contribution in [-0.4, -0.2) is 26.6 Å². The van der Waals surface area contributed by atoms with Crippen molar-refractivity contribution in [3.8, 4) is 11.5 Å². The van der Waals surface area contributed by atoms with Crippen LogP contribution in [0.25, 0.3) is 11.5 Å². The van der Waals surface area contributed by atoms with Crippen molar-refractivity contribution in [1.82, 2.24) is 20.0 Å². The van der Waals surface area contributed by atoms with E-state index in [-0.39, 0.29) is 6.04 Å². The molecule has 0 bridgehead atoms. The fourth-order valence-corrected chi connectivity index (χ4v) is 3.95. The van der Waals surface area contributed by atoms with E-state index in [0.29, 0.717) is 11.7 Å². The van der Waals surface area contributed by atoms with E-state index in [2.05, 4.69) is 38.4 Å². The molecule has 0 saturated carbocycles. The molecule has 1 saturated heterocycles. The van der Waals surface area contributed by atoms with E-state index in [9.17, 15) is 0 Å². The van der Waals surface area contributed by atoms with Crippen LogP contribution < -0.4 is 0 Å². The molecule has 0 aromatic carbocycles. The molecule has 1 unspecified atom stereocenters. The number of hydrogen-bond acceptors (Lipinski definition) is 6. The van der Waals surface area contributed by atoms with Crippen molar-refractivity contribution in [1.29, 1.82) is 0 Å². The van der Waals surface area contributed by atoms with Gasteiger partial charge in [0.15, 0.2) is 0 Å². The van der Waals surface area contributed by atoms with Crippen LogP contribution in [0.2, 0.25) is 0 Å². The standard InChI is InChI=1S/C17H18N4OS/c1-12-7-10-23-15(12)11-21-9-4-6-14(21)17-19-16(20-22-17)13-5-2-3-8-18-13/h2-3,5,7-8,10,14H,4,6,9,11H2,1H3. The lowest BCUT2D eigenvalue weighted by Crippen LogP contribution is -2.22. The van der Waals surface area contributed by atoms with Gasteiger partial charge in [-0.15, -0.1) is 11.3 Å². The Bertz CT molecular complexity index is 783. The van der Waals surface area contributed by atoms with Gasteiger partial charge in [0.25, 0.3) is 0 Å². The Morgan fingerprint density at radius 1 is 1.35 bits per heavy atom. The first-order valence-electron chi connectivity index (χ1n) is 7.83. The number of aryl methyl sites for hydroxylation is 1. The molecule has 1 aliphatic rings. The molecule has 0 spiro atoms. The summed E-state index contributed by atoms with van der Waals surface area (Å²) >= 11 is 1.82. The number of hydrogen-bond donors (Lipinski definition) is 0. The van der Waals surface area contributed by atoms with E-state index in [0.717, 1.165) is 31.6 Å². The Morgan fingerprint density at radius 3 is 3.09 bits per heavy atom. The lowest BCUT2D eigenvalue weighted by atomic mass is 10.2. The predicted octanol–water partition coefficient (Wildman–Crippen LogP) is 3.84. The predicted molar refractivity (Wildman–Crippen MR) is 89.0 cm³/mol. The monoisotopic (exact) mass is 326 g/mol. The van der Waals surface area contributed by atoms with Crippen LogP contribution in [0.3, 0.4) is 0 Å². The molecular weight excluding hydrogens is 308 g/mol. The Kier molecular flexibility index (Phi) is 3.93. The first kappa shape index (κ1) is 14.5. The fraction of sp³-hybridized carbons (Fsp3) is 0.353. The lowest BCUT2D eigenvalue weighted by molar-refractivity contribution is 0.202. The van der Waals surface area contributed by atoms with E-state index in [1.807, 2.05) is 29.5 Å². The van der Waals surface area contributed by atoms with Gasteiger partial charge in [-0.3, -0.25) is 9.88 Å². The molecule has 118 valence electrons. The third kappa shape index (κ3) is 2.92. The van der Waals surface area contributed by atoms with Gasteiger partial charge in [-0.1, -0.05) is 11.2 Å². The molecule has 0 N–H and O–H groups in total. The quantitative estimate of drug-likeness (QED) is 0.729. The highest BCUT2D eigenvalue weighted by Crippen LogP contribution is 2.34. The van der Waals surface area contributed by atoms with E-state index in [1.165, 1.54) is 10.4 Å². The zero-order chi connectivity index (χ0) is 15.6. The van der Waals surface area contributed by atoms with E-state index < -0.39 is 0 Å². The molecule has 23 heavy (non-hydrogen) atoms. The molecule has 3 aromatic rings. The summed E-state index contributed by atoms with van der Waals surface area (Å²) < 4.78 is 5.54. The summed E-state index contributed by atoms with van der Waals surface area (Å²) in [6.45, 7) is 4.20. The van der Waals surface area contributed by atoms with E-state index in [4.69, 9.17) is 4.52 Å². The fourth-order valence-electron chi connectivity index (χ4n) is 3.02. The maximum atomic E-state index is 5.54. The first-order valence-corrected chi connectivity index (χ1v) is 8.71. The van der Waals surface area contributed by atoms with Gasteiger partial charge in [0, 0.05) is 17.6 Å². The second kappa shape index (κ2) is 6.22. The van der Waals surface area contributed by atoms with Crippen LogP contribution in [0.5, 0.6) is 0 Å². The van der Waals surface area contributed by atoms with Crippen molar-refractivity contribution in [2.75, 3.05) is 6.54 Å². The average molecular weight is 326 g/mol. The van der Waals surface area contributed by atoms with Gasteiger partial charge in [-0.25, -0.2) is 0 Å². The van der Waals surface area contributed by atoms with Gasteiger partial charge in [-0.2, -0.15) is 4.98 Å². The molecule has 0 radical (unpaired) electrons. The second-order valence-corrected chi connectivity index (χ2v) is 6.83. The van der Waals surface area contributed by atoms with Crippen molar-refractivity contribution in [3.63, 3.8) is 0 Å². The summed E-state index contributed by atoms with van der Waals surface area (Å²) in [5.41, 5.74) is 2.11. The van der Waals surface area contributed by atoms with Gasteiger partial charge in [0.05, 0.1) is 6.04 Å². The molecule has 0 aliphatic carbocycles. The highest BCUT2D eigenvalue weighted by molar-refractivity contribution is 7.10. The summed E-state index contributed by atoms with van der Waals surface area (Å²) in [5, 5.41) is 6.26. The van der Waals surface area contributed by atoms with Gasteiger partial charge < -0.3 is 4.52 Å². The van der Waals surface area contributed by atoms with Crippen LogP contribution in [0.4, 0.5) is 0 Å². The van der Waals surface area contributed by atoms with Crippen LogP contribution in [0.15, 0.2) is 40.4 Å². The van der Waals surface area contributed by atoms with Gasteiger partial charge in [-0.05, 0) is 55.5 Å². The Balaban J connectivity index is 1.55. The van der Waals surface area contributed by atoms with Crippen molar-refractivity contribution in [2.24, 2.45) is 0 Å². The van der Waals surface area contributed by atoms with Crippen molar-refractivity contribution >= 4 is 11.3 Å². The molecule has 0 amide bonds. The van der Waals surface area contributed by atoms with Crippen LogP contribution in [-0.2, 0) is 6.54 Å². The number of aromatic nitrogens is 3. The number of likely N-dealkylation sites (tertiary alicyclic amines) is 1. The highest BCUT2D eigenvalue weighted by Gasteiger charge is 2.31. The second-order valence-electron chi connectivity index (χ2n) is 5.83. The summed E-state index contributed by atoms with van der Waals surface area (Å²) in [6.07, 6.45) is 3.97. The topological polar surface area (TPSA) is 55.1 Å². The molecule has 4 heterocycles. The third-order valence-electron chi connectivity index (χ3n) is 4.30. The highest BCUT2D eigenvalue weighted by atomic mass is 32.1. The minimum Gasteiger partial charge on any atom is -0.337 e. The minimum atomic E-state index is 0.210. The van der Waals surface area contributed by atoms with Gasteiger partial charge in [0.2, 0.25) is 11.7 Å². The Labute approximate surface area is 139 Å². The molecule has 1 atom stereocenters. The smallest absolute Gasteiger partial charge is 0.244 e. The molecule has 6 heteroatoms. The summed E-state index contributed by atoms with van der Waals surface area (Å²) in [4.78, 5) is 12.7. The van der Waals surface area contributed by atoms with E-state index >= 15 is 0 Å². The van der Waals surface area contributed by atoms with Crippen LogP contribution in [0, 0.1) is 6.92 Å². The number of nitrogens with zero attached hydrogens (tertiary/aromatic N) is 4. The number of thiophene rings is 1. The molecular formula is C17H18N4OS. The van der Waals surface area contributed by atoms with Crippen LogP contribution in [0.1, 0.15) is 35.2 Å². The van der Waals surface area contributed by atoms with Gasteiger partial charge >= 0.3 is 0 Å². The van der Waals surface area contributed by atoms with Crippen molar-refractivity contribution < 1.29 is 4.52 Å². The summed E-state index contributed by atoms with van der Waals surface area (Å²) in [6, 6.07) is 8.10. The SMILES string of the molecule is Cc1ccsc1CN1CCCC1c1nc(-c2ccccn2)no1. The third-order valence-corrected chi connectivity index (χ3v) is 5.31. The normalized spacial score (nSPS) is 18.6. The van der Waals surface area contributed by atoms with Gasteiger partial charge in [0.1, 0.15) is 5.69 Å². The summed E-state index contributed by atoms with van der Waals surface area (Å²) in [7, 11) is 0. The molecule has 1 fully saturated rings. The van der Waals surface area contributed by atoms with Crippen molar-refractivity contribution in [2.45, 2.75) is 32.4 Å². The zero-order valence-corrected chi connectivity index (χ0v) is 13.8. The first-order chi connectivity index (χ1) is 11.3. The maximum Gasteiger partial charge on any atom is 0.244 e. The zero-order valence-electron chi connectivity index (χ0n) is 13.0.